The second-order valence-corrected chi connectivity index (χ2v) is 5.11. The highest BCUT2D eigenvalue weighted by Gasteiger charge is 2.14. The molecule has 2 aromatic carbocycles. The molecule has 0 aliphatic carbocycles. The van der Waals surface area contributed by atoms with Gasteiger partial charge in [-0.05, 0) is 23.6 Å². The van der Waals surface area contributed by atoms with Gasteiger partial charge in [-0.3, -0.25) is 0 Å². The first kappa shape index (κ1) is 13.2. The Kier molecular flexibility index (Phi) is 4.46. The Morgan fingerprint density at radius 1 is 0.833 bits per heavy atom. The van der Waals surface area contributed by atoms with Gasteiger partial charge in [-0.15, -0.1) is 11.6 Å². The molecule has 0 spiro atoms. The summed E-state index contributed by atoms with van der Waals surface area (Å²) in [7, 11) is 0. The van der Waals surface area contributed by atoms with Crippen molar-refractivity contribution >= 4 is 33.8 Å². The summed E-state index contributed by atoms with van der Waals surface area (Å²) >= 11 is 12.8. The van der Waals surface area contributed by atoms with Crippen LogP contribution >= 0.6 is 23.2 Å². The molecule has 1 atom stereocenters. The van der Waals surface area contributed by atoms with Crippen LogP contribution in [0.15, 0.2) is 60.7 Å². The average molecular weight is 277 g/mol. The third-order valence-electron chi connectivity index (χ3n) is 2.75. The lowest BCUT2D eigenvalue weighted by Gasteiger charge is -2.13. The van der Waals surface area contributed by atoms with E-state index in [0.717, 1.165) is 16.7 Å². The lowest BCUT2D eigenvalue weighted by atomic mass is 10.00. The molecule has 0 aromatic heterocycles. The summed E-state index contributed by atoms with van der Waals surface area (Å²) in [6.45, 7) is 1.94. The van der Waals surface area contributed by atoms with Crippen molar-refractivity contribution in [1.29, 1.82) is 0 Å². The van der Waals surface area contributed by atoms with Crippen molar-refractivity contribution in [3.63, 3.8) is 0 Å². The maximum absolute atomic E-state index is 6.50. The Morgan fingerprint density at radius 3 is 1.72 bits per heavy atom. The molecule has 0 heterocycles. The summed E-state index contributed by atoms with van der Waals surface area (Å²) in [5.41, 5.74) is 3.02. The second-order valence-electron chi connectivity index (χ2n) is 4.08. The molecule has 0 radical (unpaired) electrons. The van der Waals surface area contributed by atoms with Crippen molar-refractivity contribution in [2.45, 2.75) is 12.3 Å². The molecule has 0 saturated carbocycles. The fourth-order valence-electron chi connectivity index (χ4n) is 1.89. The summed E-state index contributed by atoms with van der Waals surface area (Å²) in [5.74, 6) is 0. The van der Waals surface area contributed by atoms with Gasteiger partial charge in [0, 0.05) is 0 Å². The second kappa shape index (κ2) is 6.08. The molecule has 1 unspecified atom stereocenters. The van der Waals surface area contributed by atoms with Crippen LogP contribution in [0.5, 0.6) is 0 Å². The molecule has 0 saturated heterocycles. The molecule has 2 aromatic rings. The SMILES string of the molecule is CC(Cl)/C(=C(/Cl)c1ccccc1)c1ccccc1. The van der Waals surface area contributed by atoms with Gasteiger partial charge in [0.2, 0.25) is 0 Å². The largest absolute Gasteiger partial charge is 0.118 e. The van der Waals surface area contributed by atoms with E-state index in [9.17, 15) is 0 Å². The molecule has 0 bridgehead atoms. The normalized spacial score (nSPS) is 13.9. The van der Waals surface area contributed by atoms with E-state index in [1.807, 2.05) is 67.6 Å². The smallest absolute Gasteiger partial charge is 0.0577 e. The predicted molar refractivity (Wildman–Crippen MR) is 80.9 cm³/mol. The van der Waals surface area contributed by atoms with E-state index in [1.165, 1.54) is 0 Å². The first-order valence-corrected chi connectivity index (χ1v) is 6.66. The van der Waals surface area contributed by atoms with Gasteiger partial charge >= 0.3 is 0 Å². The van der Waals surface area contributed by atoms with E-state index in [2.05, 4.69) is 0 Å². The molecule has 0 N–H and O–H groups in total. The number of allylic oxidation sites excluding steroid dienone is 1. The molecule has 0 nitrogen and oxygen atoms in total. The third-order valence-corrected chi connectivity index (χ3v) is 3.39. The average Bonchev–Trinajstić information content (AvgIpc) is 2.40. The lowest BCUT2D eigenvalue weighted by Crippen LogP contribution is -1.99. The highest BCUT2D eigenvalue weighted by atomic mass is 35.5. The van der Waals surface area contributed by atoms with Gasteiger partial charge in [-0.25, -0.2) is 0 Å². The monoisotopic (exact) mass is 276 g/mol. The van der Waals surface area contributed by atoms with Crippen molar-refractivity contribution in [2.24, 2.45) is 0 Å². The van der Waals surface area contributed by atoms with E-state index in [1.54, 1.807) is 0 Å². The van der Waals surface area contributed by atoms with Crippen LogP contribution in [0.1, 0.15) is 18.1 Å². The molecule has 92 valence electrons. The summed E-state index contributed by atoms with van der Waals surface area (Å²) in [5, 5.41) is 0.574. The minimum Gasteiger partial charge on any atom is -0.118 e. The molecule has 0 aliphatic rings. The number of rotatable bonds is 3. The van der Waals surface area contributed by atoms with Crippen LogP contribution in [-0.4, -0.2) is 5.38 Å². The van der Waals surface area contributed by atoms with Crippen molar-refractivity contribution < 1.29 is 0 Å². The fourth-order valence-corrected chi connectivity index (χ4v) is 2.58. The van der Waals surface area contributed by atoms with E-state index in [4.69, 9.17) is 23.2 Å². The Hall–Kier alpha value is -1.24. The Balaban J connectivity index is 2.55. The molecule has 0 amide bonds. The van der Waals surface area contributed by atoms with E-state index >= 15 is 0 Å². The quantitative estimate of drug-likeness (QED) is 0.519. The Bertz CT molecular complexity index is 528. The molecule has 2 rings (SSSR count). The summed E-state index contributed by atoms with van der Waals surface area (Å²) in [6.07, 6.45) is 0. The van der Waals surface area contributed by atoms with Crippen LogP contribution < -0.4 is 0 Å². The van der Waals surface area contributed by atoms with Gasteiger partial charge in [0.1, 0.15) is 0 Å². The van der Waals surface area contributed by atoms with Crippen LogP contribution in [0.4, 0.5) is 0 Å². The molecule has 2 heteroatoms. The van der Waals surface area contributed by atoms with Gasteiger partial charge in [0.05, 0.1) is 10.4 Å². The number of hydrogen-bond acceptors (Lipinski definition) is 0. The number of alkyl halides is 1. The maximum atomic E-state index is 6.50. The Labute approximate surface area is 118 Å². The summed E-state index contributed by atoms with van der Waals surface area (Å²) < 4.78 is 0. The zero-order chi connectivity index (χ0) is 13.0. The van der Waals surface area contributed by atoms with Crippen LogP contribution in [0.3, 0.4) is 0 Å². The first-order chi connectivity index (χ1) is 8.70. The van der Waals surface area contributed by atoms with Crippen molar-refractivity contribution in [3.8, 4) is 0 Å². The van der Waals surface area contributed by atoms with Gasteiger partial charge in [0.25, 0.3) is 0 Å². The van der Waals surface area contributed by atoms with Gasteiger partial charge < -0.3 is 0 Å². The molecular weight excluding hydrogens is 263 g/mol. The molecule has 18 heavy (non-hydrogen) atoms. The Morgan fingerprint density at radius 2 is 1.28 bits per heavy atom. The summed E-state index contributed by atoms with van der Waals surface area (Å²) in [4.78, 5) is 0. The van der Waals surface area contributed by atoms with Crippen LogP contribution in [0, 0.1) is 0 Å². The molecule has 0 fully saturated rings. The number of halogens is 2. The van der Waals surface area contributed by atoms with E-state index < -0.39 is 0 Å². The van der Waals surface area contributed by atoms with Crippen LogP contribution in [-0.2, 0) is 0 Å². The standard InChI is InChI=1S/C16H14Cl2/c1-12(17)15(13-8-4-2-5-9-13)16(18)14-10-6-3-7-11-14/h2-12H,1H3/b16-15-. The number of hydrogen-bond donors (Lipinski definition) is 0. The minimum absolute atomic E-state index is 0.139. The first-order valence-electron chi connectivity index (χ1n) is 5.84. The summed E-state index contributed by atoms with van der Waals surface area (Å²) in [6, 6.07) is 19.9. The zero-order valence-corrected chi connectivity index (χ0v) is 11.6. The highest BCUT2D eigenvalue weighted by Crippen LogP contribution is 2.33. The topological polar surface area (TPSA) is 0 Å². The predicted octanol–water partition coefficient (Wildman–Crippen LogP) is 5.42. The lowest BCUT2D eigenvalue weighted by molar-refractivity contribution is 1.25. The van der Waals surface area contributed by atoms with E-state index in [-0.39, 0.29) is 5.38 Å². The van der Waals surface area contributed by atoms with Crippen molar-refractivity contribution in [2.75, 3.05) is 0 Å². The van der Waals surface area contributed by atoms with Crippen molar-refractivity contribution in [1.82, 2.24) is 0 Å². The minimum atomic E-state index is -0.139. The fraction of sp³-hybridized carbons (Fsp3) is 0.125. The van der Waals surface area contributed by atoms with Gasteiger partial charge in [-0.2, -0.15) is 0 Å². The maximum Gasteiger partial charge on any atom is 0.0577 e. The number of benzene rings is 2. The molecular formula is C16H14Cl2. The van der Waals surface area contributed by atoms with Crippen molar-refractivity contribution in [3.05, 3.63) is 71.8 Å². The molecule has 0 aliphatic heterocycles. The third kappa shape index (κ3) is 2.95. The van der Waals surface area contributed by atoms with Gasteiger partial charge in [-0.1, -0.05) is 72.3 Å². The van der Waals surface area contributed by atoms with E-state index in [0.29, 0.717) is 5.03 Å². The van der Waals surface area contributed by atoms with Crippen LogP contribution in [0.25, 0.3) is 10.6 Å². The van der Waals surface area contributed by atoms with Gasteiger partial charge in [0.15, 0.2) is 0 Å². The highest BCUT2D eigenvalue weighted by molar-refractivity contribution is 6.54. The zero-order valence-electron chi connectivity index (χ0n) is 10.1. The van der Waals surface area contributed by atoms with Crippen LogP contribution in [0.2, 0.25) is 0 Å².